The number of hydrogen-bond acceptors (Lipinski definition) is 4. The Morgan fingerprint density at radius 1 is 1.31 bits per heavy atom. The molecule has 29 heavy (non-hydrogen) atoms. The van der Waals surface area contributed by atoms with Crippen LogP contribution in [-0.2, 0) is 4.79 Å². The van der Waals surface area contributed by atoms with Crippen molar-refractivity contribution in [2.75, 3.05) is 19.7 Å². The van der Waals surface area contributed by atoms with E-state index in [1.54, 1.807) is 29.2 Å². The molecule has 1 aromatic carbocycles. The van der Waals surface area contributed by atoms with Crippen molar-refractivity contribution in [3.63, 3.8) is 0 Å². The second-order valence-corrected chi connectivity index (χ2v) is 8.28. The number of carbonyl (C=O) groups excluding carboxylic acids is 2. The second kappa shape index (κ2) is 9.01. The molecule has 1 aromatic heterocycles. The van der Waals surface area contributed by atoms with Crippen LogP contribution in [0.25, 0.3) is 0 Å². The summed E-state index contributed by atoms with van der Waals surface area (Å²) in [5, 5.41) is 0.823. The van der Waals surface area contributed by atoms with Gasteiger partial charge in [0.15, 0.2) is 0 Å². The summed E-state index contributed by atoms with van der Waals surface area (Å²) in [5.41, 5.74) is 6.21. The van der Waals surface area contributed by atoms with Gasteiger partial charge in [-0.25, -0.2) is 4.98 Å². The maximum Gasteiger partial charge on any atom is 0.257 e. The van der Waals surface area contributed by atoms with Crippen LogP contribution in [0, 0.1) is 12.3 Å². The third-order valence-corrected chi connectivity index (χ3v) is 5.89. The summed E-state index contributed by atoms with van der Waals surface area (Å²) in [6.07, 6.45) is 3.13. The summed E-state index contributed by atoms with van der Waals surface area (Å²) >= 11 is 12.2. The lowest BCUT2D eigenvalue weighted by Gasteiger charge is -2.42. The molecule has 2 heterocycles. The number of halogens is 2. The van der Waals surface area contributed by atoms with Gasteiger partial charge in [-0.05, 0) is 55.7 Å². The minimum atomic E-state index is -0.567. The minimum Gasteiger partial charge on any atom is -0.493 e. The van der Waals surface area contributed by atoms with Gasteiger partial charge in [0.2, 0.25) is 5.91 Å². The fraction of sp³-hybridized carbons (Fsp3) is 0.381. The van der Waals surface area contributed by atoms with Gasteiger partial charge >= 0.3 is 0 Å². The lowest BCUT2D eigenvalue weighted by molar-refractivity contribution is -0.122. The topological polar surface area (TPSA) is 85.5 Å². The Balaban J connectivity index is 1.79. The van der Waals surface area contributed by atoms with Gasteiger partial charge in [0.25, 0.3) is 5.91 Å². The largest absolute Gasteiger partial charge is 0.493 e. The predicted molar refractivity (Wildman–Crippen MR) is 112 cm³/mol. The SMILES string of the molecule is Cc1cc(OC[C@]2(CC(N)=O)CCCN(C(=O)c3cccnc3Cl)C2)ccc1Cl. The molecular formula is C21H23Cl2N3O3. The summed E-state index contributed by atoms with van der Waals surface area (Å²) in [6, 6.07) is 8.73. The van der Waals surface area contributed by atoms with Crippen LogP contribution in [0.1, 0.15) is 35.2 Å². The number of ether oxygens (including phenoxy) is 1. The summed E-state index contributed by atoms with van der Waals surface area (Å²) < 4.78 is 6.00. The van der Waals surface area contributed by atoms with Crippen LogP contribution < -0.4 is 10.5 Å². The maximum atomic E-state index is 13.0. The summed E-state index contributed by atoms with van der Waals surface area (Å²) in [7, 11) is 0. The van der Waals surface area contributed by atoms with Gasteiger partial charge in [0.1, 0.15) is 10.9 Å². The van der Waals surface area contributed by atoms with Crippen molar-refractivity contribution in [1.82, 2.24) is 9.88 Å². The first-order valence-corrected chi connectivity index (χ1v) is 10.1. The quantitative estimate of drug-likeness (QED) is 0.697. The van der Waals surface area contributed by atoms with Gasteiger partial charge in [0.05, 0.1) is 12.2 Å². The molecule has 2 N–H and O–H groups in total. The summed E-state index contributed by atoms with van der Waals surface area (Å²) in [4.78, 5) is 30.5. The zero-order valence-corrected chi connectivity index (χ0v) is 17.7. The van der Waals surface area contributed by atoms with Crippen molar-refractivity contribution >= 4 is 35.0 Å². The number of aromatic nitrogens is 1. The van der Waals surface area contributed by atoms with Crippen LogP contribution in [0.15, 0.2) is 36.5 Å². The Labute approximate surface area is 179 Å². The average Bonchev–Trinajstić information content (AvgIpc) is 2.68. The number of benzene rings is 1. The molecule has 3 rings (SSSR count). The lowest BCUT2D eigenvalue weighted by Crippen LogP contribution is -2.50. The summed E-state index contributed by atoms with van der Waals surface area (Å²) in [6.45, 7) is 3.09. The zero-order valence-electron chi connectivity index (χ0n) is 16.2. The van der Waals surface area contributed by atoms with Crippen molar-refractivity contribution in [3.8, 4) is 5.75 Å². The van der Waals surface area contributed by atoms with Crippen molar-refractivity contribution in [2.45, 2.75) is 26.2 Å². The van der Waals surface area contributed by atoms with Crippen LogP contribution in [-0.4, -0.2) is 41.4 Å². The summed E-state index contributed by atoms with van der Waals surface area (Å²) in [5.74, 6) is 0.0306. The number of rotatable bonds is 6. The molecule has 0 saturated carbocycles. The van der Waals surface area contributed by atoms with E-state index < -0.39 is 11.3 Å². The molecule has 2 amide bonds. The van der Waals surface area contributed by atoms with Crippen molar-refractivity contribution in [1.29, 1.82) is 0 Å². The average molecular weight is 436 g/mol. The zero-order chi connectivity index (χ0) is 21.0. The van der Waals surface area contributed by atoms with Crippen molar-refractivity contribution < 1.29 is 14.3 Å². The van der Waals surface area contributed by atoms with Crippen LogP contribution in [0.2, 0.25) is 10.2 Å². The highest BCUT2D eigenvalue weighted by molar-refractivity contribution is 6.32. The first-order chi connectivity index (χ1) is 13.8. The molecular weight excluding hydrogens is 413 g/mol. The number of pyridine rings is 1. The number of amides is 2. The van der Waals surface area contributed by atoms with E-state index in [4.69, 9.17) is 33.7 Å². The molecule has 0 bridgehead atoms. The molecule has 1 saturated heterocycles. The number of nitrogens with two attached hydrogens (primary N) is 1. The van der Waals surface area contributed by atoms with E-state index in [2.05, 4.69) is 4.98 Å². The fourth-order valence-electron chi connectivity index (χ4n) is 3.72. The van der Waals surface area contributed by atoms with E-state index >= 15 is 0 Å². The Morgan fingerprint density at radius 3 is 2.79 bits per heavy atom. The predicted octanol–water partition coefficient (Wildman–Crippen LogP) is 3.87. The number of carbonyl (C=O) groups is 2. The number of nitrogens with zero attached hydrogens (tertiary/aromatic N) is 2. The first-order valence-electron chi connectivity index (χ1n) is 9.37. The molecule has 1 aliphatic heterocycles. The number of piperidine rings is 1. The van der Waals surface area contributed by atoms with E-state index in [-0.39, 0.29) is 24.1 Å². The molecule has 0 radical (unpaired) electrons. The second-order valence-electron chi connectivity index (χ2n) is 7.51. The van der Waals surface area contributed by atoms with Gasteiger partial charge in [-0.2, -0.15) is 0 Å². The molecule has 0 aliphatic carbocycles. The van der Waals surface area contributed by atoms with Gasteiger partial charge < -0.3 is 15.4 Å². The van der Waals surface area contributed by atoms with Gasteiger partial charge in [-0.3, -0.25) is 9.59 Å². The number of primary amides is 1. The van der Waals surface area contributed by atoms with Gasteiger partial charge in [0, 0.05) is 36.1 Å². The molecule has 0 spiro atoms. The number of likely N-dealkylation sites (tertiary alicyclic amines) is 1. The van der Waals surface area contributed by atoms with E-state index in [0.29, 0.717) is 29.4 Å². The number of aryl methyl sites for hydroxylation is 1. The maximum absolute atomic E-state index is 13.0. The molecule has 154 valence electrons. The molecule has 8 heteroatoms. The van der Waals surface area contributed by atoms with Crippen molar-refractivity contribution in [2.24, 2.45) is 11.1 Å². The highest BCUT2D eigenvalue weighted by Crippen LogP contribution is 2.35. The third kappa shape index (κ3) is 5.19. The number of hydrogen-bond donors (Lipinski definition) is 1. The van der Waals surface area contributed by atoms with E-state index in [9.17, 15) is 9.59 Å². The van der Waals surface area contributed by atoms with Crippen LogP contribution in [0.3, 0.4) is 0 Å². The van der Waals surface area contributed by atoms with Crippen LogP contribution in [0.4, 0.5) is 0 Å². The Hall–Kier alpha value is -2.31. The van der Waals surface area contributed by atoms with Crippen LogP contribution >= 0.6 is 23.2 Å². The Kier molecular flexibility index (Phi) is 6.65. The molecule has 6 nitrogen and oxygen atoms in total. The molecule has 1 aliphatic rings. The Bertz CT molecular complexity index is 922. The van der Waals surface area contributed by atoms with E-state index in [1.807, 2.05) is 13.0 Å². The molecule has 2 aromatic rings. The molecule has 1 atom stereocenters. The molecule has 0 unspecified atom stereocenters. The highest BCUT2D eigenvalue weighted by Gasteiger charge is 2.40. The van der Waals surface area contributed by atoms with Gasteiger partial charge in [-0.15, -0.1) is 0 Å². The third-order valence-electron chi connectivity index (χ3n) is 5.16. The fourth-order valence-corrected chi connectivity index (χ4v) is 4.04. The monoisotopic (exact) mass is 435 g/mol. The lowest BCUT2D eigenvalue weighted by atomic mass is 9.77. The minimum absolute atomic E-state index is 0.129. The first kappa shape index (κ1) is 21.4. The van der Waals surface area contributed by atoms with Crippen LogP contribution in [0.5, 0.6) is 5.75 Å². The standard InChI is InChI=1S/C21H23Cl2N3O3/c1-14-10-15(5-6-17(14)22)29-13-21(11-18(24)27)7-3-9-26(12-21)20(28)16-4-2-8-25-19(16)23/h2,4-6,8,10H,3,7,9,11-13H2,1H3,(H2,24,27)/t21-/m0/s1. The van der Waals surface area contributed by atoms with E-state index in [0.717, 1.165) is 18.4 Å². The smallest absolute Gasteiger partial charge is 0.257 e. The molecule has 1 fully saturated rings. The Morgan fingerprint density at radius 2 is 2.10 bits per heavy atom. The van der Waals surface area contributed by atoms with Gasteiger partial charge in [-0.1, -0.05) is 23.2 Å². The highest BCUT2D eigenvalue weighted by atomic mass is 35.5. The van der Waals surface area contributed by atoms with E-state index in [1.165, 1.54) is 6.20 Å². The van der Waals surface area contributed by atoms with Crippen molar-refractivity contribution in [3.05, 3.63) is 57.8 Å². The normalized spacial score (nSPS) is 19.1.